The Kier molecular flexibility index (Phi) is 6.17. The number of hydrogen-bond donors (Lipinski definition) is 2. The summed E-state index contributed by atoms with van der Waals surface area (Å²) in [5, 5.41) is 10.3. The number of carbonyl (C=O) groups excluding carboxylic acids is 2. The number of nitrogens with one attached hydrogen (secondary N) is 2. The van der Waals surface area contributed by atoms with Crippen molar-refractivity contribution in [2.75, 3.05) is 0 Å². The summed E-state index contributed by atoms with van der Waals surface area (Å²) < 4.78 is 1.81. The van der Waals surface area contributed by atoms with E-state index in [1.807, 2.05) is 35.0 Å². The lowest BCUT2D eigenvalue weighted by atomic mass is 10.1. The molecule has 7 nitrogen and oxygen atoms in total. The number of aromatic nitrogens is 3. The van der Waals surface area contributed by atoms with Crippen LogP contribution in [0.4, 0.5) is 0 Å². The van der Waals surface area contributed by atoms with Gasteiger partial charge >= 0.3 is 0 Å². The first-order chi connectivity index (χ1) is 14.7. The number of amides is 2. The average molecular weight is 403 g/mol. The Labute approximate surface area is 175 Å². The van der Waals surface area contributed by atoms with Crippen molar-refractivity contribution < 1.29 is 9.59 Å². The summed E-state index contributed by atoms with van der Waals surface area (Å²) in [4.78, 5) is 28.9. The highest BCUT2D eigenvalue weighted by Gasteiger charge is 2.28. The van der Waals surface area contributed by atoms with Gasteiger partial charge in [0.1, 0.15) is 0 Å². The number of carbonyl (C=O) groups is 2. The van der Waals surface area contributed by atoms with E-state index < -0.39 is 0 Å². The monoisotopic (exact) mass is 403 g/mol. The molecule has 0 bridgehead atoms. The van der Waals surface area contributed by atoms with Crippen LogP contribution in [0.3, 0.4) is 0 Å². The van der Waals surface area contributed by atoms with E-state index in [1.54, 1.807) is 18.6 Å². The lowest BCUT2D eigenvalue weighted by molar-refractivity contribution is -0.121. The molecule has 2 N–H and O–H groups in total. The van der Waals surface area contributed by atoms with E-state index in [4.69, 9.17) is 0 Å². The maximum absolute atomic E-state index is 12.6. The molecule has 1 aliphatic heterocycles. The van der Waals surface area contributed by atoms with Crippen molar-refractivity contribution in [1.29, 1.82) is 0 Å². The normalized spacial score (nSPS) is 14.9. The Hall–Kier alpha value is -3.48. The Morgan fingerprint density at radius 1 is 1.07 bits per heavy atom. The summed E-state index contributed by atoms with van der Waals surface area (Å²) in [6, 6.07) is 13.9. The number of hydrogen-bond acceptors (Lipinski definition) is 4. The molecule has 3 aromatic rings. The van der Waals surface area contributed by atoms with Crippen molar-refractivity contribution in [2.24, 2.45) is 0 Å². The fourth-order valence-corrected chi connectivity index (χ4v) is 3.75. The first-order valence-electron chi connectivity index (χ1n) is 10.2. The first-order valence-corrected chi connectivity index (χ1v) is 10.2. The number of aryl methyl sites for hydroxylation is 1. The number of fused-ring (bicyclic) bond motifs is 1. The van der Waals surface area contributed by atoms with Crippen LogP contribution in [-0.2, 0) is 30.7 Å². The second-order valence-electron chi connectivity index (χ2n) is 7.54. The lowest BCUT2D eigenvalue weighted by Crippen LogP contribution is -2.36. The van der Waals surface area contributed by atoms with Crippen LogP contribution < -0.4 is 10.6 Å². The summed E-state index contributed by atoms with van der Waals surface area (Å²) in [6.45, 7) is 1.01. The van der Waals surface area contributed by atoms with Crippen molar-refractivity contribution in [3.05, 3.63) is 83.4 Å². The van der Waals surface area contributed by atoms with Gasteiger partial charge in [-0.15, -0.1) is 0 Å². The number of pyridine rings is 1. The van der Waals surface area contributed by atoms with Crippen molar-refractivity contribution in [3.8, 4) is 0 Å². The van der Waals surface area contributed by atoms with Crippen molar-refractivity contribution in [1.82, 2.24) is 25.4 Å². The van der Waals surface area contributed by atoms with Gasteiger partial charge < -0.3 is 10.6 Å². The van der Waals surface area contributed by atoms with Gasteiger partial charge in [0, 0.05) is 31.8 Å². The van der Waals surface area contributed by atoms with E-state index >= 15 is 0 Å². The van der Waals surface area contributed by atoms with Crippen LogP contribution in [-0.4, -0.2) is 32.6 Å². The van der Waals surface area contributed by atoms with E-state index in [2.05, 4.69) is 32.8 Å². The minimum absolute atomic E-state index is 0.0252. The van der Waals surface area contributed by atoms with Gasteiger partial charge in [0.05, 0.1) is 30.0 Å². The third-order valence-corrected chi connectivity index (χ3v) is 5.28. The highest BCUT2D eigenvalue weighted by Crippen LogP contribution is 2.19. The molecular formula is C23H25N5O2. The average Bonchev–Trinajstić information content (AvgIpc) is 3.33. The zero-order valence-corrected chi connectivity index (χ0v) is 16.8. The van der Waals surface area contributed by atoms with E-state index in [0.717, 1.165) is 24.1 Å². The van der Waals surface area contributed by atoms with Crippen molar-refractivity contribution in [2.45, 2.75) is 44.8 Å². The minimum Gasteiger partial charge on any atom is -0.351 e. The van der Waals surface area contributed by atoms with Crippen molar-refractivity contribution in [3.63, 3.8) is 0 Å². The standard InChI is InChI=1S/C23H25N5O2/c29-22(10-4-8-17-6-2-1-3-7-17)27-19-12-21-20(15-26-28(21)16-19)23(30)25-14-18-9-5-11-24-13-18/h1-3,5-7,9,11,13,15,19H,4,8,10,12,14,16H2,(H,25,30)(H,27,29)/t19-/m0/s1. The molecule has 3 heterocycles. The van der Waals surface area contributed by atoms with Crippen LogP contribution in [0.2, 0.25) is 0 Å². The Morgan fingerprint density at radius 3 is 2.70 bits per heavy atom. The molecule has 1 aliphatic rings. The maximum Gasteiger partial charge on any atom is 0.255 e. The quantitative estimate of drug-likeness (QED) is 0.604. The molecule has 1 atom stereocenters. The summed E-state index contributed by atoms with van der Waals surface area (Å²) in [7, 11) is 0. The largest absolute Gasteiger partial charge is 0.351 e. The van der Waals surface area contributed by atoms with E-state index in [9.17, 15) is 9.59 Å². The van der Waals surface area contributed by atoms with Gasteiger partial charge in [-0.25, -0.2) is 0 Å². The summed E-state index contributed by atoms with van der Waals surface area (Å²) in [5.41, 5.74) is 3.62. The van der Waals surface area contributed by atoms with Crippen LogP contribution in [0.25, 0.3) is 0 Å². The predicted molar refractivity (Wildman–Crippen MR) is 113 cm³/mol. The van der Waals surface area contributed by atoms with Crippen LogP contribution in [0.5, 0.6) is 0 Å². The molecule has 0 saturated heterocycles. The molecule has 0 fully saturated rings. The zero-order valence-electron chi connectivity index (χ0n) is 16.8. The van der Waals surface area contributed by atoms with Gasteiger partial charge in [-0.2, -0.15) is 5.10 Å². The van der Waals surface area contributed by atoms with Gasteiger partial charge in [-0.3, -0.25) is 19.3 Å². The van der Waals surface area contributed by atoms with Gasteiger partial charge in [0.25, 0.3) is 5.91 Å². The zero-order chi connectivity index (χ0) is 20.8. The van der Waals surface area contributed by atoms with Gasteiger partial charge in [0.2, 0.25) is 5.91 Å². The third-order valence-electron chi connectivity index (χ3n) is 5.28. The van der Waals surface area contributed by atoms with Crippen LogP contribution in [0.15, 0.2) is 61.1 Å². The smallest absolute Gasteiger partial charge is 0.255 e. The molecule has 0 aliphatic carbocycles. The second-order valence-corrected chi connectivity index (χ2v) is 7.54. The molecule has 0 unspecified atom stereocenters. The molecule has 0 radical (unpaired) electrons. The van der Waals surface area contributed by atoms with Gasteiger partial charge in [0.15, 0.2) is 0 Å². The molecule has 2 aromatic heterocycles. The van der Waals surface area contributed by atoms with E-state index in [0.29, 0.717) is 31.5 Å². The highest BCUT2D eigenvalue weighted by atomic mass is 16.2. The Bertz CT molecular complexity index is 1000. The van der Waals surface area contributed by atoms with Gasteiger partial charge in [-0.05, 0) is 30.0 Å². The molecule has 0 saturated carbocycles. The Balaban J connectivity index is 1.25. The molecule has 4 rings (SSSR count). The fourth-order valence-electron chi connectivity index (χ4n) is 3.75. The number of nitrogens with zero attached hydrogens (tertiary/aromatic N) is 3. The molecule has 1 aromatic carbocycles. The molecule has 30 heavy (non-hydrogen) atoms. The maximum atomic E-state index is 12.6. The summed E-state index contributed by atoms with van der Waals surface area (Å²) in [5.74, 6) is -0.112. The summed E-state index contributed by atoms with van der Waals surface area (Å²) >= 11 is 0. The molecule has 154 valence electrons. The van der Waals surface area contributed by atoms with Crippen LogP contribution in [0.1, 0.15) is 40.0 Å². The van der Waals surface area contributed by atoms with Crippen LogP contribution in [0, 0.1) is 0 Å². The number of rotatable bonds is 8. The second kappa shape index (κ2) is 9.35. The molecule has 7 heteroatoms. The Morgan fingerprint density at radius 2 is 1.90 bits per heavy atom. The van der Waals surface area contributed by atoms with E-state index in [1.165, 1.54) is 5.56 Å². The fraction of sp³-hybridized carbons (Fsp3) is 0.304. The topological polar surface area (TPSA) is 88.9 Å². The SMILES string of the molecule is O=C(CCCc1ccccc1)N[C@H]1Cc2c(C(=O)NCc3cccnc3)cnn2C1. The summed E-state index contributed by atoms with van der Waals surface area (Å²) in [6.07, 6.45) is 7.84. The first kappa shape index (κ1) is 19.8. The van der Waals surface area contributed by atoms with Crippen molar-refractivity contribution >= 4 is 11.8 Å². The lowest BCUT2D eigenvalue weighted by Gasteiger charge is -2.12. The highest BCUT2D eigenvalue weighted by molar-refractivity contribution is 5.95. The number of benzene rings is 1. The third kappa shape index (κ3) is 4.92. The minimum atomic E-state index is -0.157. The van der Waals surface area contributed by atoms with E-state index in [-0.39, 0.29) is 17.9 Å². The molecule has 2 amide bonds. The van der Waals surface area contributed by atoms with Gasteiger partial charge in [-0.1, -0.05) is 36.4 Å². The van der Waals surface area contributed by atoms with Crippen LogP contribution >= 0.6 is 0 Å². The molecule has 0 spiro atoms. The molecular weight excluding hydrogens is 378 g/mol. The predicted octanol–water partition coefficient (Wildman–Crippen LogP) is 2.27.